The van der Waals surface area contributed by atoms with Gasteiger partial charge in [0.2, 0.25) is 0 Å². The molecule has 0 aromatic heterocycles. The lowest BCUT2D eigenvalue weighted by molar-refractivity contribution is 0.291. The summed E-state index contributed by atoms with van der Waals surface area (Å²) in [5, 5.41) is 7.32. The Kier molecular flexibility index (Phi) is 7.48. The third-order valence-corrected chi connectivity index (χ3v) is 6.48. The maximum atomic E-state index is 12.0. The maximum Gasteiger partial charge on any atom is 0.186 e. The molecule has 1 saturated heterocycles. The molecule has 2 aromatic carbocycles. The molecule has 0 saturated carbocycles. The van der Waals surface area contributed by atoms with Crippen molar-refractivity contribution in [2.75, 3.05) is 32.5 Å². The summed E-state index contributed by atoms with van der Waals surface area (Å²) in [5.41, 5.74) is 2.80. The molecule has 1 aliphatic heterocycles. The van der Waals surface area contributed by atoms with E-state index in [-0.39, 0.29) is 6.04 Å². The van der Waals surface area contributed by atoms with Crippen LogP contribution in [0.3, 0.4) is 0 Å². The molecule has 1 aliphatic rings. The highest BCUT2D eigenvalue weighted by molar-refractivity contribution is 7.79. The molecule has 2 aromatic rings. The van der Waals surface area contributed by atoms with E-state index in [1.807, 2.05) is 37.4 Å². The summed E-state index contributed by atoms with van der Waals surface area (Å²) in [7, 11) is 4.06. The first-order valence-electron chi connectivity index (χ1n) is 9.62. The molecule has 28 heavy (non-hydrogen) atoms. The Morgan fingerprint density at radius 2 is 2.07 bits per heavy atom. The maximum absolute atomic E-state index is 12.0. The van der Waals surface area contributed by atoms with Crippen molar-refractivity contribution < 1.29 is 8.76 Å². The van der Waals surface area contributed by atoms with Gasteiger partial charge in [0.25, 0.3) is 0 Å². The Hall–Kier alpha value is -1.44. The smallest absolute Gasteiger partial charge is 0.186 e. The molecule has 0 aliphatic carbocycles. The minimum Gasteiger partial charge on any atom is -0.388 e. The van der Waals surface area contributed by atoms with Crippen LogP contribution in [-0.2, 0) is 11.1 Å². The van der Waals surface area contributed by atoms with Gasteiger partial charge >= 0.3 is 0 Å². The molecule has 152 valence electrons. The van der Waals surface area contributed by atoms with E-state index in [9.17, 15) is 8.76 Å². The standard InChI is InChI=1S/C21H28ClN3O2S/c1-23-19-8-4-3-7-17(19)21(24-12-11-16-6-5-13-25(16)2)18-10-9-15(22)14-20(18)28(26)27/h3-4,7-10,14,16,21,23-24H,5-6,11-13H2,1-2H3,(H,26,27). The molecule has 1 fully saturated rings. The van der Waals surface area contributed by atoms with Gasteiger partial charge in [0.1, 0.15) is 0 Å². The number of rotatable bonds is 8. The first-order chi connectivity index (χ1) is 13.5. The van der Waals surface area contributed by atoms with Crippen molar-refractivity contribution in [3.05, 3.63) is 58.6 Å². The van der Waals surface area contributed by atoms with Crippen LogP contribution in [-0.4, -0.2) is 46.9 Å². The molecule has 7 heteroatoms. The third-order valence-electron chi connectivity index (χ3n) is 5.51. The minimum atomic E-state index is -2.12. The van der Waals surface area contributed by atoms with Gasteiger partial charge in [0.05, 0.1) is 10.9 Å². The first kappa shape index (κ1) is 21.3. The van der Waals surface area contributed by atoms with Gasteiger partial charge < -0.3 is 20.1 Å². The number of para-hydroxylation sites is 1. The first-order valence-corrected chi connectivity index (χ1v) is 11.1. The summed E-state index contributed by atoms with van der Waals surface area (Å²) in [6, 6.07) is 13.6. The Bertz CT molecular complexity index is 833. The zero-order valence-electron chi connectivity index (χ0n) is 16.3. The number of halogens is 1. The second-order valence-electron chi connectivity index (χ2n) is 7.22. The van der Waals surface area contributed by atoms with Gasteiger partial charge in [-0.1, -0.05) is 35.9 Å². The van der Waals surface area contributed by atoms with Crippen LogP contribution in [0.4, 0.5) is 5.69 Å². The Labute approximate surface area is 174 Å². The topological polar surface area (TPSA) is 64.6 Å². The van der Waals surface area contributed by atoms with E-state index in [0.29, 0.717) is 16.0 Å². The van der Waals surface area contributed by atoms with E-state index in [1.54, 1.807) is 12.1 Å². The molecule has 1 heterocycles. The van der Waals surface area contributed by atoms with Crippen molar-refractivity contribution in [2.45, 2.75) is 36.2 Å². The van der Waals surface area contributed by atoms with Crippen LogP contribution in [0.15, 0.2) is 47.4 Å². The van der Waals surface area contributed by atoms with Crippen molar-refractivity contribution >= 4 is 28.4 Å². The van der Waals surface area contributed by atoms with Gasteiger partial charge in [0, 0.05) is 23.8 Å². The number of hydrogen-bond acceptors (Lipinski definition) is 4. The van der Waals surface area contributed by atoms with Crippen molar-refractivity contribution in [1.29, 1.82) is 0 Å². The zero-order chi connectivity index (χ0) is 20.1. The molecule has 3 N–H and O–H groups in total. The van der Waals surface area contributed by atoms with Crippen LogP contribution in [0, 0.1) is 0 Å². The minimum absolute atomic E-state index is 0.210. The number of likely N-dealkylation sites (tertiary alicyclic amines) is 1. The highest BCUT2D eigenvalue weighted by Crippen LogP contribution is 2.33. The van der Waals surface area contributed by atoms with E-state index in [4.69, 9.17) is 11.6 Å². The molecule has 0 radical (unpaired) electrons. The molecule has 3 rings (SSSR count). The summed E-state index contributed by atoms with van der Waals surface area (Å²) in [4.78, 5) is 2.75. The summed E-state index contributed by atoms with van der Waals surface area (Å²) < 4.78 is 21.8. The SMILES string of the molecule is CNc1ccccc1C(NCCC1CCCN1C)c1ccc(Cl)cc1S(=O)O. The Balaban J connectivity index is 1.92. The molecular formula is C21H28ClN3O2S. The average molecular weight is 422 g/mol. The predicted octanol–water partition coefficient (Wildman–Crippen LogP) is 4.13. The number of hydrogen-bond donors (Lipinski definition) is 3. The summed E-state index contributed by atoms with van der Waals surface area (Å²) in [5.74, 6) is 0. The van der Waals surface area contributed by atoms with Crippen molar-refractivity contribution in [3.63, 3.8) is 0 Å². The van der Waals surface area contributed by atoms with Crippen LogP contribution in [0.2, 0.25) is 5.02 Å². The number of anilines is 1. The molecule has 0 amide bonds. The molecular weight excluding hydrogens is 394 g/mol. The number of nitrogens with one attached hydrogen (secondary N) is 2. The fraction of sp³-hybridized carbons (Fsp3) is 0.429. The second kappa shape index (κ2) is 9.85. The van der Waals surface area contributed by atoms with Crippen LogP contribution in [0.5, 0.6) is 0 Å². The highest BCUT2D eigenvalue weighted by Gasteiger charge is 2.24. The fourth-order valence-electron chi connectivity index (χ4n) is 4.00. The largest absolute Gasteiger partial charge is 0.388 e. The fourth-order valence-corrected chi connectivity index (χ4v) is 4.85. The lowest BCUT2D eigenvalue weighted by Crippen LogP contribution is -2.31. The second-order valence-corrected chi connectivity index (χ2v) is 8.60. The summed E-state index contributed by atoms with van der Waals surface area (Å²) in [6.07, 6.45) is 3.51. The monoisotopic (exact) mass is 421 g/mol. The van der Waals surface area contributed by atoms with Crippen LogP contribution >= 0.6 is 11.6 Å². The normalized spacial score (nSPS) is 19.5. The van der Waals surface area contributed by atoms with E-state index < -0.39 is 11.1 Å². The lowest BCUT2D eigenvalue weighted by atomic mass is 9.96. The van der Waals surface area contributed by atoms with Gasteiger partial charge in [-0.05, 0) is 68.7 Å². The molecule has 0 spiro atoms. The van der Waals surface area contributed by atoms with Gasteiger partial charge in [0.15, 0.2) is 11.1 Å². The van der Waals surface area contributed by atoms with E-state index >= 15 is 0 Å². The molecule has 3 atom stereocenters. The van der Waals surface area contributed by atoms with Crippen LogP contribution in [0.1, 0.15) is 36.4 Å². The molecule has 0 bridgehead atoms. The van der Waals surface area contributed by atoms with E-state index in [1.165, 1.54) is 12.8 Å². The van der Waals surface area contributed by atoms with E-state index in [0.717, 1.165) is 36.3 Å². The van der Waals surface area contributed by atoms with Crippen molar-refractivity contribution in [2.24, 2.45) is 0 Å². The van der Waals surface area contributed by atoms with Gasteiger partial charge in [-0.25, -0.2) is 4.21 Å². The average Bonchev–Trinajstić information content (AvgIpc) is 3.10. The van der Waals surface area contributed by atoms with Gasteiger partial charge in [-0.3, -0.25) is 0 Å². The molecule has 5 nitrogen and oxygen atoms in total. The van der Waals surface area contributed by atoms with Crippen molar-refractivity contribution in [3.8, 4) is 0 Å². The molecule has 3 unspecified atom stereocenters. The predicted molar refractivity (Wildman–Crippen MR) is 117 cm³/mol. The Morgan fingerprint density at radius 1 is 1.29 bits per heavy atom. The third kappa shape index (κ3) is 4.93. The Morgan fingerprint density at radius 3 is 2.75 bits per heavy atom. The van der Waals surface area contributed by atoms with Crippen LogP contribution in [0.25, 0.3) is 0 Å². The van der Waals surface area contributed by atoms with Crippen molar-refractivity contribution in [1.82, 2.24) is 10.2 Å². The summed E-state index contributed by atoms with van der Waals surface area (Å²) >= 11 is 3.97. The lowest BCUT2D eigenvalue weighted by Gasteiger charge is -2.26. The van der Waals surface area contributed by atoms with Gasteiger partial charge in [-0.15, -0.1) is 0 Å². The van der Waals surface area contributed by atoms with Crippen LogP contribution < -0.4 is 10.6 Å². The van der Waals surface area contributed by atoms with Gasteiger partial charge in [-0.2, -0.15) is 0 Å². The summed E-state index contributed by atoms with van der Waals surface area (Å²) in [6.45, 7) is 1.97. The van der Waals surface area contributed by atoms with E-state index in [2.05, 4.69) is 22.6 Å². The number of nitrogens with zero attached hydrogens (tertiary/aromatic N) is 1. The zero-order valence-corrected chi connectivity index (χ0v) is 17.9. The number of benzene rings is 2. The highest BCUT2D eigenvalue weighted by atomic mass is 35.5. The quantitative estimate of drug-likeness (QED) is 0.559.